The van der Waals surface area contributed by atoms with Crippen molar-refractivity contribution >= 4 is 28.7 Å². The molecule has 1 atom stereocenters. The van der Waals surface area contributed by atoms with E-state index in [1.807, 2.05) is 12.1 Å². The number of benzene rings is 1. The summed E-state index contributed by atoms with van der Waals surface area (Å²) in [6, 6.07) is 8.89. The first-order valence-electron chi connectivity index (χ1n) is 11.7. The van der Waals surface area contributed by atoms with Crippen molar-refractivity contribution in [1.29, 1.82) is 0 Å². The molecule has 0 spiro atoms. The number of ketones is 2. The van der Waals surface area contributed by atoms with Crippen molar-refractivity contribution in [2.75, 3.05) is 0 Å². The number of carbonyl (C=O) groups is 2. The summed E-state index contributed by atoms with van der Waals surface area (Å²) in [5, 5.41) is 4.07. The van der Waals surface area contributed by atoms with Crippen LogP contribution in [0.25, 0.3) is 5.57 Å². The molecule has 6 heteroatoms. The highest BCUT2D eigenvalue weighted by Gasteiger charge is 2.45. The molecule has 1 saturated carbocycles. The zero-order chi connectivity index (χ0) is 24.3. The fraction of sp³-hybridized carbons (Fsp3) is 0.393. The molecule has 5 nitrogen and oxygen atoms in total. The number of ether oxygens (including phenoxy) is 1. The van der Waals surface area contributed by atoms with Crippen LogP contribution >= 0.6 is 11.6 Å². The van der Waals surface area contributed by atoms with E-state index in [-0.39, 0.29) is 28.4 Å². The molecule has 0 radical (unpaired) electrons. The highest BCUT2D eigenvalue weighted by molar-refractivity contribution is 6.32. The van der Waals surface area contributed by atoms with E-state index in [4.69, 9.17) is 16.3 Å². The van der Waals surface area contributed by atoms with Crippen molar-refractivity contribution < 1.29 is 14.3 Å². The van der Waals surface area contributed by atoms with Gasteiger partial charge in [-0.05, 0) is 53.5 Å². The summed E-state index contributed by atoms with van der Waals surface area (Å²) in [7, 11) is 0. The van der Waals surface area contributed by atoms with Crippen molar-refractivity contribution in [2.24, 2.45) is 10.8 Å². The number of dihydropyridines is 1. The molecule has 0 amide bonds. The van der Waals surface area contributed by atoms with Crippen LogP contribution in [0, 0.1) is 10.8 Å². The van der Waals surface area contributed by atoms with E-state index >= 15 is 0 Å². The van der Waals surface area contributed by atoms with E-state index < -0.39 is 0 Å². The van der Waals surface area contributed by atoms with Crippen LogP contribution in [0.2, 0.25) is 5.02 Å². The van der Waals surface area contributed by atoms with Gasteiger partial charge in [0.1, 0.15) is 11.5 Å². The molecule has 2 aliphatic carbocycles. The van der Waals surface area contributed by atoms with E-state index in [1.54, 1.807) is 30.6 Å². The first-order valence-corrected chi connectivity index (χ1v) is 12.1. The van der Waals surface area contributed by atoms with Crippen LogP contribution < -0.4 is 10.1 Å². The number of fused-ring (bicyclic) bond motifs is 1. The number of halogens is 1. The molecule has 1 aromatic heterocycles. The maximum Gasteiger partial charge on any atom is 0.165 e. The van der Waals surface area contributed by atoms with E-state index in [1.165, 1.54) is 0 Å². The minimum atomic E-state index is -0.130. The summed E-state index contributed by atoms with van der Waals surface area (Å²) in [4.78, 5) is 31.0. The first kappa shape index (κ1) is 22.9. The molecule has 0 bridgehead atoms. The number of rotatable bonds is 3. The second-order valence-corrected chi connectivity index (χ2v) is 11.6. The van der Waals surface area contributed by atoms with Crippen LogP contribution in [-0.4, -0.2) is 22.6 Å². The van der Waals surface area contributed by atoms with E-state index in [9.17, 15) is 9.59 Å². The van der Waals surface area contributed by atoms with Gasteiger partial charge in [-0.15, -0.1) is 0 Å². The fourth-order valence-corrected chi connectivity index (χ4v) is 5.69. The molecule has 5 rings (SSSR count). The maximum absolute atomic E-state index is 13.5. The van der Waals surface area contributed by atoms with E-state index in [0.717, 1.165) is 29.7 Å². The number of carbonyl (C=O) groups excluding carboxylic acids is 2. The average Bonchev–Trinajstić information content (AvgIpc) is 2.73. The highest BCUT2D eigenvalue weighted by atomic mass is 35.5. The van der Waals surface area contributed by atoms with Gasteiger partial charge in [-0.2, -0.15) is 0 Å². The molecule has 1 aromatic carbocycles. The van der Waals surface area contributed by atoms with E-state index in [0.29, 0.717) is 40.5 Å². The molecule has 1 aliphatic heterocycles. The Balaban J connectivity index is 1.68. The summed E-state index contributed by atoms with van der Waals surface area (Å²) in [5.74, 6) is 1.26. The van der Waals surface area contributed by atoms with Crippen LogP contribution in [0.3, 0.4) is 0 Å². The van der Waals surface area contributed by atoms with Crippen molar-refractivity contribution in [3.63, 3.8) is 0 Å². The summed E-state index contributed by atoms with van der Waals surface area (Å²) < 4.78 is 6.04. The molecule has 3 aliphatic rings. The fourth-order valence-electron chi connectivity index (χ4n) is 5.54. The number of aromatic nitrogens is 1. The van der Waals surface area contributed by atoms with Gasteiger partial charge in [0.25, 0.3) is 0 Å². The van der Waals surface area contributed by atoms with Crippen LogP contribution in [0.1, 0.15) is 58.9 Å². The summed E-state index contributed by atoms with van der Waals surface area (Å²) in [6.45, 7) is 8.50. The van der Waals surface area contributed by atoms with Crippen LogP contribution in [0.15, 0.2) is 59.6 Å². The normalized spacial score (nSPS) is 23.3. The zero-order valence-corrected chi connectivity index (χ0v) is 20.8. The van der Waals surface area contributed by atoms with Gasteiger partial charge >= 0.3 is 0 Å². The Labute approximate surface area is 205 Å². The minimum Gasteiger partial charge on any atom is -0.456 e. The predicted octanol–water partition coefficient (Wildman–Crippen LogP) is 6.29. The lowest BCUT2D eigenvalue weighted by Crippen LogP contribution is -2.48. The smallest absolute Gasteiger partial charge is 0.165 e. The molecule has 1 N–H and O–H groups in total. The largest absolute Gasteiger partial charge is 0.456 e. The molecule has 34 heavy (non-hydrogen) atoms. The van der Waals surface area contributed by atoms with Crippen molar-refractivity contribution in [3.05, 3.63) is 70.2 Å². The SMILES string of the molecule is CC1(C)CC(=O)C2=C(C1)NC1CC(C)(C)CC(=O)C1=C2c1ccc(Cl)c(Oc2ccncc2)c1. The Morgan fingerprint density at radius 1 is 0.941 bits per heavy atom. The maximum atomic E-state index is 13.5. The van der Waals surface area contributed by atoms with Crippen molar-refractivity contribution in [1.82, 2.24) is 10.3 Å². The standard InChI is InChI=1S/C28H29ClN2O3/c1-27(2)12-19-25(21(32)14-27)24(26-20(31-19)13-28(3,4)15-22(26)33)16-5-6-18(29)23(11-16)34-17-7-9-30-10-8-17/h5-11,19,31H,12-15H2,1-4H3. The summed E-state index contributed by atoms with van der Waals surface area (Å²) >= 11 is 6.48. The lowest BCUT2D eigenvalue weighted by Gasteiger charge is -2.44. The number of nitrogens with zero attached hydrogens (tertiary/aromatic N) is 1. The molecule has 176 valence electrons. The Morgan fingerprint density at radius 2 is 1.65 bits per heavy atom. The van der Waals surface area contributed by atoms with Gasteiger partial charge in [0.15, 0.2) is 11.6 Å². The molecular formula is C28H29ClN2O3. The Bertz CT molecular complexity index is 1260. The van der Waals surface area contributed by atoms with Gasteiger partial charge in [0, 0.05) is 47.7 Å². The van der Waals surface area contributed by atoms with Gasteiger partial charge in [0.2, 0.25) is 0 Å². The summed E-state index contributed by atoms with van der Waals surface area (Å²) in [6.07, 6.45) is 5.80. The second-order valence-electron chi connectivity index (χ2n) is 11.2. The Morgan fingerprint density at radius 3 is 2.38 bits per heavy atom. The van der Waals surface area contributed by atoms with Crippen LogP contribution in [0.4, 0.5) is 0 Å². The third-order valence-electron chi connectivity index (χ3n) is 6.88. The number of pyridine rings is 1. The second kappa shape index (κ2) is 8.09. The minimum absolute atomic E-state index is 0.0730. The molecule has 2 heterocycles. The topological polar surface area (TPSA) is 68.3 Å². The summed E-state index contributed by atoms with van der Waals surface area (Å²) in [5.41, 5.74) is 3.60. The zero-order valence-electron chi connectivity index (χ0n) is 20.0. The van der Waals surface area contributed by atoms with Gasteiger partial charge in [-0.25, -0.2) is 0 Å². The lowest BCUT2D eigenvalue weighted by atomic mass is 9.65. The lowest BCUT2D eigenvalue weighted by molar-refractivity contribution is -0.119. The molecule has 1 unspecified atom stereocenters. The number of Topliss-reactive ketones (excluding diaryl/α,β-unsaturated/α-hetero) is 2. The van der Waals surface area contributed by atoms with E-state index in [2.05, 4.69) is 38.0 Å². The number of hydrogen-bond donors (Lipinski definition) is 1. The average molecular weight is 477 g/mol. The molecule has 1 fully saturated rings. The third kappa shape index (κ3) is 4.18. The van der Waals surface area contributed by atoms with Gasteiger partial charge < -0.3 is 10.1 Å². The van der Waals surface area contributed by atoms with Gasteiger partial charge in [-0.1, -0.05) is 45.4 Å². The molecule has 0 saturated heterocycles. The molecule has 2 aromatic rings. The number of hydrogen-bond acceptors (Lipinski definition) is 5. The van der Waals surface area contributed by atoms with Gasteiger partial charge in [-0.3, -0.25) is 14.6 Å². The number of allylic oxidation sites excluding steroid dienone is 3. The van der Waals surface area contributed by atoms with Crippen molar-refractivity contribution in [3.8, 4) is 11.5 Å². The predicted molar refractivity (Wildman–Crippen MR) is 133 cm³/mol. The highest BCUT2D eigenvalue weighted by Crippen LogP contribution is 2.49. The monoisotopic (exact) mass is 476 g/mol. The first-order chi connectivity index (χ1) is 16.0. The number of nitrogens with one attached hydrogen (secondary N) is 1. The van der Waals surface area contributed by atoms with Crippen LogP contribution in [-0.2, 0) is 9.59 Å². The van der Waals surface area contributed by atoms with Crippen molar-refractivity contribution in [2.45, 2.75) is 59.4 Å². The van der Waals surface area contributed by atoms with Crippen LogP contribution in [0.5, 0.6) is 11.5 Å². The van der Waals surface area contributed by atoms with Gasteiger partial charge in [0.05, 0.1) is 11.1 Å². The Hall–Kier alpha value is -2.92. The Kier molecular flexibility index (Phi) is 5.44. The molecular weight excluding hydrogens is 448 g/mol. The quantitative estimate of drug-likeness (QED) is 0.564. The third-order valence-corrected chi connectivity index (χ3v) is 7.20.